The molecule has 0 unspecified atom stereocenters. The number of carbonyl (C=O) groups excluding carboxylic acids is 3. The van der Waals surface area contributed by atoms with Crippen molar-refractivity contribution < 1.29 is 14.4 Å². The van der Waals surface area contributed by atoms with E-state index in [0.717, 1.165) is 4.90 Å². The molecule has 84 valence electrons. The Morgan fingerprint density at radius 2 is 2.00 bits per heavy atom. The average molecular weight is 233 g/mol. The number of piperazine rings is 1. The van der Waals surface area contributed by atoms with Crippen molar-refractivity contribution >= 4 is 28.8 Å². The van der Waals surface area contributed by atoms with Gasteiger partial charge in [0.1, 0.15) is 0 Å². The molecule has 0 aliphatic carbocycles. The molecule has 1 heterocycles. The van der Waals surface area contributed by atoms with Gasteiger partial charge in [-0.15, -0.1) is 0 Å². The highest BCUT2D eigenvalue weighted by atomic mass is 35.5. The highest BCUT2D eigenvalue weighted by molar-refractivity contribution is 6.65. The Morgan fingerprint density at radius 1 is 1.40 bits per heavy atom. The first kappa shape index (κ1) is 12.0. The summed E-state index contributed by atoms with van der Waals surface area (Å²) in [6.45, 7) is 4.46. The quantitative estimate of drug-likeness (QED) is 0.402. The maximum atomic E-state index is 11.5. The van der Waals surface area contributed by atoms with E-state index in [4.69, 9.17) is 11.6 Å². The van der Waals surface area contributed by atoms with Crippen LogP contribution in [0.25, 0.3) is 0 Å². The van der Waals surface area contributed by atoms with Crippen LogP contribution in [0, 0.1) is 0 Å². The van der Waals surface area contributed by atoms with E-state index in [1.54, 1.807) is 6.92 Å². The molecule has 0 bridgehead atoms. The van der Waals surface area contributed by atoms with E-state index in [0.29, 0.717) is 19.5 Å². The Hall–Kier alpha value is -1.10. The van der Waals surface area contributed by atoms with Crippen molar-refractivity contribution in [2.24, 2.45) is 0 Å². The maximum Gasteiger partial charge on any atom is 0.323 e. The molecule has 6 heteroatoms. The van der Waals surface area contributed by atoms with Crippen LogP contribution in [0.5, 0.6) is 0 Å². The summed E-state index contributed by atoms with van der Waals surface area (Å²) in [6, 6.07) is -0.305. The van der Waals surface area contributed by atoms with Crippen molar-refractivity contribution in [3.8, 4) is 0 Å². The molecular formula is C9H13ClN2O3. The van der Waals surface area contributed by atoms with Crippen LogP contribution >= 0.6 is 11.6 Å². The zero-order valence-corrected chi connectivity index (χ0v) is 9.45. The van der Waals surface area contributed by atoms with E-state index in [-0.39, 0.29) is 6.04 Å². The zero-order valence-electron chi connectivity index (χ0n) is 8.70. The van der Waals surface area contributed by atoms with Gasteiger partial charge >= 0.3 is 17.2 Å². The standard InChI is InChI=1S/C9H13ClN2O3/c1-3-6-5-11(4-2)7(13)8(14)12(6)9(10)15/h6H,3-5H2,1-2H3/t6-/m0/s1. The van der Waals surface area contributed by atoms with Gasteiger partial charge in [-0.2, -0.15) is 0 Å². The minimum atomic E-state index is -0.879. The lowest BCUT2D eigenvalue weighted by molar-refractivity contribution is -0.155. The molecule has 0 aromatic heterocycles. The normalized spacial score (nSPS) is 22.2. The monoisotopic (exact) mass is 232 g/mol. The second-order valence-electron chi connectivity index (χ2n) is 3.33. The molecule has 1 aliphatic heterocycles. The van der Waals surface area contributed by atoms with Crippen molar-refractivity contribution in [3.05, 3.63) is 0 Å². The van der Waals surface area contributed by atoms with E-state index >= 15 is 0 Å². The third-order valence-corrected chi connectivity index (χ3v) is 2.71. The summed E-state index contributed by atoms with van der Waals surface area (Å²) in [5.41, 5.74) is 0. The van der Waals surface area contributed by atoms with Crippen molar-refractivity contribution in [2.45, 2.75) is 26.3 Å². The van der Waals surface area contributed by atoms with E-state index in [1.165, 1.54) is 4.90 Å². The van der Waals surface area contributed by atoms with Gasteiger partial charge in [0.2, 0.25) is 0 Å². The third kappa shape index (κ3) is 2.12. The van der Waals surface area contributed by atoms with Gasteiger partial charge in [-0.3, -0.25) is 19.3 Å². The van der Waals surface area contributed by atoms with Crippen LogP contribution in [0.3, 0.4) is 0 Å². The van der Waals surface area contributed by atoms with Crippen LogP contribution in [-0.2, 0) is 9.59 Å². The van der Waals surface area contributed by atoms with Crippen LogP contribution < -0.4 is 0 Å². The topological polar surface area (TPSA) is 57.7 Å². The molecule has 1 saturated heterocycles. The van der Waals surface area contributed by atoms with Crippen molar-refractivity contribution in [3.63, 3.8) is 0 Å². The highest BCUT2D eigenvalue weighted by Gasteiger charge is 2.40. The highest BCUT2D eigenvalue weighted by Crippen LogP contribution is 2.16. The number of halogens is 1. The molecular weight excluding hydrogens is 220 g/mol. The summed E-state index contributed by atoms with van der Waals surface area (Å²) in [5.74, 6) is -1.48. The fraction of sp³-hybridized carbons (Fsp3) is 0.667. The molecule has 1 fully saturated rings. The van der Waals surface area contributed by atoms with Crippen molar-refractivity contribution in [1.82, 2.24) is 9.80 Å². The Balaban J connectivity index is 2.95. The molecule has 0 saturated carbocycles. The number of likely N-dealkylation sites (N-methyl/N-ethyl adjacent to an activating group) is 1. The van der Waals surface area contributed by atoms with Gasteiger partial charge in [-0.05, 0) is 24.9 Å². The van der Waals surface area contributed by atoms with Crippen LogP contribution in [0.2, 0.25) is 0 Å². The van der Waals surface area contributed by atoms with Gasteiger partial charge in [0.05, 0.1) is 6.04 Å². The lowest BCUT2D eigenvalue weighted by atomic mass is 10.1. The first-order valence-corrected chi connectivity index (χ1v) is 5.22. The third-order valence-electron chi connectivity index (χ3n) is 2.53. The molecule has 1 atom stereocenters. The molecule has 0 aromatic rings. The van der Waals surface area contributed by atoms with E-state index in [2.05, 4.69) is 0 Å². The Bertz CT molecular complexity index is 306. The molecule has 3 amide bonds. The van der Waals surface area contributed by atoms with Crippen LogP contribution in [0.1, 0.15) is 20.3 Å². The predicted molar refractivity (Wildman–Crippen MR) is 54.4 cm³/mol. The number of nitrogens with zero attached hydrogens (tertiary/aromatic N) is 2. The number of hydrogen-bond donors (Lipinski definition) is 0. The summed E-state index contributed by atoms with van der Waals surface area (Å²) >= 11 is 5.28. The first-order valence-electron chi connectivity index (χ1n) is 4.84. The van der Waals surface area contributed by atoms with E-state index in [9.17, 15) is 14.4 Å². The summed E-state index contributed by atoms with van der Waals surface area (Å²) < 4.78 is 0. The van der Waals surface area contributed by atoms with Crippen LogP contribution in [0.4, 0.5) is 4.79 Å². The number of carbonyl (C=O) groups is 3. The number of rotatable bonds is 2. The summed E-state index contributed by atoms with van der Waals surface area (Å²) in [5, 5.41) is -0.879. The van der Waals surface area contributed by atoms with Gasteiger partial charge in [0.15, 0.2) is 0 Å². The molecule has 0 N–H and O–H groups in total. The number of amides is 3. The molecule has 1 rings (SSSR count). The summed E-state index contributed by atoms with van der Waals surface area (Å²) in [7, 11) is 0. The van der Waals surface area contributed by atoms with E-state index in [1.807, 2.05) is 6.92 Å². The first-order chi connectivity index (χ1) is 7.02. The fourth-order valence-electron chi connectivity index (χ4n) is 1.63. The van der Waals surface area contributed by atoms with Gasteiger partial charge in [-0.25, -0.2) is 0 Å². The number of imide groups is 1. The second kappa shape index (κ2) is 4.61. The minimum Gasteiger partial charge on any atom is -0.333 e. The smallest absolute Gasteiger partial charge is 0.323 e. The predicted octanol–water partition coefficient (Wildman–Crippen LogP) is 0.815. The van der Waals surface area contributed by atoms with Crippen molar-refractivity contribution in [2.75, 3.05) is 13.1 Å². The molecule has 1 aliphatic rings. The lowest BCUT2D eigenvalue weighted by Crippen LogP contribution is -2.59. The largest absolute Gasteiger partial charge is 0.333 e. The lowest BCUT2D eigenvalue weighted by Gasteiger charge is -2.37. The number of hydrogen-bond acceptors (Lipinski definition) is 3. The van der Waals surface area contributed by atoms with Gasteiger partial charge in [-0.1, -0.05) is 6.92 Å². The molecule has 0 spiro atoms. The molecule has 0 aromatic carbocycles. The minimum absolute atomic E-state index is 0.305. The van der Waals surface area contributed by atoms with Gasteiger partial charge < -0.3 is 4.90 Å². The average Bonchev–Trinajstić information content (AvgIpc) is 2.20. The summed E-state index contributed by atoms with van der Waals surface area (Å²) in [6.07, 6.45) is 0.591. The SMILES string of the molecule is CC[C@H]1CN(CC)C(=O)C(=O)N1C(=O)Cl. The van der Waals surface area contributed by atoms with Crippen molar-refractivity contribution in [1.29, 1.82) is 0 Å². The van der Waals surface area contributed by atoms with E-state index < -0.39 is 17.2 Å². The zero-order chi connectivity index (χ0) is 11.6. The molecule has 15 heavy (non-hydrogen) atoms. The molecule has 0 radical (unpaired) electrons. The summed E-state index contributed by atoms with van der Waals surface area (Å²) in [4.78, 5) is 36.3. The molecule has 5 nitrogen and oxygen atoms in total. The van der Waals surface area contributed by atoms with Crippen LogP contribution in [0.15, 0.2) is 0 Å². The Kier molecular flexibility index (Phi) is 3.68. The van der Waals surface area contributed by atoms with Gasteiger partial charge in [0, 0.05) is 13.1 Å². The fourth-order valence-corrected chi connectivity index (χ4v) is 1.85. The Labute approximate surface area is 93.0 Å². The van der Waals surface area contributed by atoms with Crippen LogP contribution in [-0.4, -0.2) is 46.1 Å². The maximum absolute atomic E-state index is 11.5. The Morgan fingerprint density at radius 3 is 2.40 bits per heavy atom. The second-order valence-corrected chi connectivity index (χ2v) is 3.66. The van der Waals surface area contributed by atoms with Gasteiger partial charge in [0.25, 0.3) is 0 Å².